The van der Waals surface area contributed by atoms with Crippen LogP contribution in [-0.2, 0) is 5.41 Å². The molecule has 0 bridgehead atoms. The van der Waals surface area contributed by atoms with Gasteiger partial charge in [-0.2, -0.15) is 0 Å². The monoisotopic (exact) mass is 582 g/mol. The maximum absolute atomic E-state index is 2.61. The van der Waals surface area contributed by atoms with E-state index in [1.807, 2.05) is 22.7 Å². The second-order valence-corrected chi connectivity index (χ2v) is 14.9. The van der Waals surface area contributed by atoms with Gasteiger partial charge in [-0.25, -0.2) is 0 Å². The topological polar surface area (TPSA) is 0 Å². The van der Waals surface area contributed by atoms with Crippen LogP contribution in [0.2, 0.25) is 0 Å². The van der Waals surface area contributed by atoms with Crippen LogP contribution in [-0.4, -0.2) is 0 Å². The smallest absolute Gasteiger partial charge is 0.0449 e. The maximum Gasteiger partial charge on any atom is 0.0449 e. The van der Waals surface area contributed by atoms with Crippen molar-refractivity contribution >= 4 is 22.7 Å². The van der Waals surface area contributed by atoms with Crippen LogP contribution in [0.1, 0.15) is 125 Å². The van der Waals surface area contributed by atoms with E-state index in [0.717, 1.165) is 0 Å². The molecule has 2 heterocycles. The number of aryl methyl sites for hydroxylation is 2. The zero-order valence-electron chi connectivity index (χ0n) is 26.0. The minimum atomic E-state index is 0.146. The van der Waals surface area contributed by atoms with Crippen LogP contribution in [0.5, 0.6) is 0 Å². The number of unbranched alkanes of at least 4 members (excludes halogenated alkanes) is 10. The third-order valence-corrected chi connectivity index (χ3v) is 11.6. The number of hydrogen-bond donors (Lipinski definition) is 0. The highest BCUT2D eigenvalue weighted by Gasteiger charge is 2.42. The predicted octanol–water partition coefficient (Wildman–Crippen LogP) is 13.5. The molecule has 0 unspecified atom stereocenters. The van der Waals surface area contributed by atoms with Crippen LogP contribution >= 0.6 is 22.7 Å². The molecule has 1 aliphatic rings. The number of rotatable bonds is 16. The Bertz CT molecular complexity index is 1380. The van der Waals surface area contributed by atoms with Gasteiger partial charge in [0.25, 0.3) is 0 Å². The van der Waals surface area contributed by atoms with Crippen molar-refractivity contribution < 1.29 is 0 Å². The number of hydrogen-bond acceptors (Lipinski definition) is 2. The highest BCUT2D eigenvalue weighted by Crippen LogP contribution is 2.55. The molecule has 0 fully saturated rings. The van der Waals surface area contributed by atoms with Crippen LogP contribution < -0.4 is 0 Å². The lowest BCUT2D eigenvalue weighted by molar-refractivity contribution is 0.398. The van der Waals surface area contributed by atoms with E-state index in [4.69, 9.17) is 0 Å². The molecule has 2 heteroatoms. The van der Waals surface area contributed by atoms with Gasteiger partial charge in [0.2, 0.25) is 0 Å². The van der Waals surface area contributed by atoms with Gasteiger partial charge in [-0.05, 0) is 84.8 Å². The summed E-state index contributed by atoms with van der Waals surface area (Å²) in [5, 5.41) is 0. The van der Waals surface area contributed by atoms with Crippen LogP contribution in [0.15, 0.2) is 60.7 Å². The Morgan fingerprint density at radius 3 is 1.68 bits per heavy atom. The Morgan fingerprint density at radius 1 is 0.512 bits per heavy atom. The molecule has 41 heavy (non-hydrogen) atoms. The van der Waals surface area contributed by atoms with Gasteiger partial charge < -0.3 is 0 Å². The molecule has 218 valence electrons. The average Bonchev–Trinajstić information content (AvgIpc) is 3.70. The summed E-state index contributed by atoms with van der Waals surface area (Å²) >= 11 is 3.86. The van der Waals surface area contributed by atoms with Crippen molar-refractivity contribution in [3.63, 3.8) is 0 Å². The van der Waals surface area contributed by atoms with Gasteiger partial charge in [-0.1, -0.05) is 127 Å². The van der Waals surface area contributed by atoms with Crippen LogP contribution in [0.3, 0.4) is 0 Å². The van der Waals surface area contributed by atoms with E-state index < -0.39 is 0 Å². The molecule has 4 aromatic rings. The van der Waals surface area contributed by atoms with Gasteiger partial charge in [0.15, 0.2) is 0 Å². The Kier molecular flexibility index (Phi) is 10.6. The van der Waals surface area contributed by atoms with Crippen LogP contribution in [0.25, 0.3) is 31.3 Å². The van der Waals surface area contributed by atoms with Crippen molar-refractivity contribution in [2.75, 3.05) is 0 Å². The molecule has 0 atom stereocenters. The minimum Gasteiger partial charge on any atom is -0.140 e. The minimum absolute atomic E-state index is 0.146. The predicted molar refractivity (Wildman–Crippen MR) is 185 cm³/mol. The first-order valence-corrected chi connectivity index (χ1v) is 18.1. The summed E-state index contributed by atoms with van der Waals surface area (Å²) in [4.78, 5) is 5.56. The van der Waals surface area contributed by atoms with E-state index in [-0.39, 0.29) is 5.41 Å². The SMILES string of the molecule is CCCCCCCCC1(CCCCCCCC)c2cc(C)ccc2-c2ccc(-c3ccc(-c4ccc(C)s4)s3)cc21. The summed E-state index contributed by atoms with van der Waals surface area (Å²) in [6.45, 7) is 9.13. The zero-order valence-corrected chi connectivity index (χ0v) is 27.6. The first-order chi connectivity index (χ1) is 20.1. The largest absolute Gasteiger partial charge is 0.140 e. The second-order valence-electron chi connectivity index (χ2n) is 12.5. The summed E-state index contributed by atoms with van der Waals surface area (Å²) in [7, 11) is 0. The lowest BCUT2D eigenvalue weighted by atomic mass is 9.70. The summed E-state index contributed by atoms with van der Waals surface area (Å²) in [5.41, 5.74) is 9.16. The fraction of sp³-hybridized carbons (Fsp3) is 0.487. The Labute approximate surface area is 258 Å². The van der Waals surface area contributed by atoms with Gasteiger partial charge in [-0.15, -0.1) is 22.7 Å². The van der Waals surface area contributed by atoms with Crippen molar-refractivity contribution in [2.45, 2.75) is 123 Å². The lowest BCUT2D eigenvalue weighted by Gasteiger charge is -2.33. The quantitative estimate of drug-likeness (QED) is 0.115. The van der Waals surface area contributed by atoms with Gasteiger partial charge in [0, 0.05) is 24.9 Å². The fourth-order valence-corrected chi connectivity index (χ4v) is 8.99. The molecule has 0 saturated heterocycles. The van der Waals surface area contributed by atoms with Crippen molar-refractivity contribution in [2.24, 2.45) is 0 Å². The average molecular weight is 583 g/mol. The summed E-state index contributed by atoms with van der Waals surface area (Å²) in [6, 6.07) is 24.0. The molecule has 5 rings (SSSR count). The summed E-state index contributed by atoms with van der Waals surface area (Å²) in [6.07, 6.45) is 18.9. The van der Waals surface area contributed by atoms with Crippen molar-refractivity contribution in [3.05, 3.63) is 82.2 Å². The molecule has 0 N–H and O–H groups in total. The molecule has 0 spiro atoms. The Hall–Kier alpha value is -2.16. The molecule has 2 aromatic carbocycles. The van der Waals surface area contributed by atoms with E-state index in [1.54, 1.807) is 11.1 Å². The molecule has 0 radical (unpaired) electrons. The highest BCUT2D eigenvalue weighted by atomic mass is 32.1. The first kappa shape index (κ1) is 30.3. The van der Waals surface area contributed by atoms with E-state index in [1.165, 1.54) is 132 Å². The highest BCUT2D eigenvalue weighted by molar-refractivity contribution is 7.23. The first-order valence-electron chi connectivity index (χ1n) is 16.5. The zero-order chi connectivity index (χ0) is 28.7. The third kappa shape index (κ3) is 6.91. The summed E-state index contributed by atoms with van der Waals surface area (Å²) in [5.74, 6) is 0. The van der Waals surface area contributed by atoms with Gasteiger partial charge in [0.1, 0.15) is 0 Å². The van der Waals surface area contributed by atoms with Gasteiger partial charge >= 0.3 is 0 Å². The van der Waals surface area contributed by atoms with Crippen LogP contribution in [0.4, 0.5) is 0 Å². The van der Waals surface area contributed by atoms with Gasteiger partial charge in [-0.3, -0.25) is 0 Å². The second kappa shape index (κ2) is 14.3. The Morgan fingerprint density at radius 2 is 1.05 bits per heavy atom. The van der Waals surface area contributed by atoms with E-state index in [0.29, 0.717) is 0 Å². The molecular weight excluding hydrogens is 533 g/mol. The molecule has 0 saturated carbocycles. The lowest BCUT2D eigenvalue weighted by Crippen LogP contribution is -2.25. The van der Waals surface area contributed by atoms with Crippen molar-refractivity contribution in [1.82, 2.24) is 0 Å². The molecule has 2 aromatic heterocycles. The van der Waals surface area contributed by atoms with Crippen molar-refractivity contribution in [1.29, 1.82) is 0 Å². The normalized spacial score (nSPS) is 13.5. The van der Waals surface area contributed by atoms with E-state index in [9.17, 15) is 0 Å². The summed E-state index contributed by atoms with van der Waals surface area (Å²) < 4.78 is 0. The van der Waals surface area contributed by atoms with E-state index >= 15 is 0 Å². The Balaban J connectivity index is 1.49. The number of thiophene rings is 2. The molecular formula is C39H50S2. The molecule has 0 nitrogen and oxygen atoms in total. The molecule has 1 aliphatic carbocycles. The number of fused-ring (bicyclic) bond motifs is 3. The van der Waals surface area contributed by atoms with E-state index in [2.05, 4.69) is 88.4 Å². The molecule has 0 amide bonds. The third-order valence-electron chi connectivity index (χ3n) is 9.30. The van der Waals surface area contributed by atoms with Gasteiger partial charge in [0.05, 0.1) is 0 Å². The van der Waals surface area contributed by atoms with Crippen molar-refractivity contribution in [3.8, 4) is 31.3 Å². The molecule has 0 aliphatic heterocycles. The number of benzene rings is 2. The van der Waals surface area contributed by atoms with Crippen LogP contribution in [0, 0.1) is 13.8 Å². The maximum atomic E-state index is 2.61. The standard InChI is InChI=1S/C39H50S2/c1-5-7-9-11-13-15-25-39(26-16-14-12-10-8-6-2)34-27-29(3)17-20-32(34)33-21-19-31(28-35(33)39)36-23-24-38(41-36)37-22-18-30(4)40-37/h17-24,27-28H,5-16,25-26H2,1-4H3. The fourth-order valence-electron chi connectivity index (χ4n) is 7.03.